The van der Waals surface area contributed by atoms with Gasteiger partial charge in [0.25, 0.3) is 0 Å². The molecule has 0 saturated heterocycles. The molecular formula is C22H37N. The Labute approximate surface area is 144 Å². The SMILES string of the molecule is CC1=C(C)C(C2=CCN=C2)=C(C)C1.CCCCCC(C)CCC. The standard InChI is InChI=1S/C12H15N.C10H22/c1-8-6-9(2)12(10(8)3)11-4-5-13-7-11;1-4-6-7-9-10(3)8-5-2/h4,7H,5-6H2,1-3H3;10H,4-9H2,1-3H3. The fourth-order valence-electron chi connectivity index (χ4n) is 3.52. The van der Waals surface area contributed by atoms with Crippen LogP contribution in [0.2, 0.25) is 0 Å². The van der Waals surface area contributed by atoms with Crippen molar-refractivity contribution in [2.75, 3.05) is 6.54 Å². The van der Waals surface area contributed by atoms with E-state index in [4.69, 9.17) is 0 Å². The molecular weight excluding hydrogens is 278 g/mol. The summed E-state index contributed by atoms with van der Waals surface area (Å²) in [6.45, 7) is 14.4. The van der Waals surface area contributed by atoms with Gasteiger partial charge in [-0.05, 0) is 49.8 Å². The maximum atomic E-state index is 4.23. The van der Waals surface area contributed by atoms with E-state index in [1.54, 1.807) is 0 Å². The zero-order chi connectivity index (χ0) is 17.2. The van der Waals surface area contributed by atoms with E-state index in [1.807, 2.05) is 6.21 Å². The molecule has 0 saturated carbocycles. The molecule has 0 aromatic rings. The minimum absolute atomic E-state index is 0.860. The van der Waals surface area contributed by atoms with Gasteiger partial charge in [0.15, 0.2) is 0 Å². The highest BCUT2D eigenvalue weighted by Crippen LogP contribution is 2.35. The quantitative estimate of drug-likeness (QED) is 0.446. The van der Waals surface area contributed by atoms with Gasteiger partial charge in [-0.15, -0.1) is 0 Å². The van der Waals surface area contributed by atoms with Crippen LogP contribution < -0.4 is 0 Å². The molecule has 2 aliphatic rings. The Balaban J connectivity index is 0.000000241. The number of aliphatic imine (C=N–C) groups is 1. The van der Waals surface area contributed by atoms with Gasteiger partial charge in [-0.3, -0.25) is 4.99 Å². The molecule has 1 aliphatic carbocycles. The van der Waals surface area contributed by atoms with Crippen molar-refractivity contribution >= 4 is 6.21 Å². The van der Waals surface area contributed by atoms with Crippen molar-refractivity contribution in [1.29, 1.82) is 0 Å². The Morgan fingerprint density at radius 2 is 1.74 bits per heavy atom. The van der Waals surface area contributed by atoms with Gasteiger partial charge in [0.2, 0.25) is 0 Å². The lowest BCUT2D eigenvalue weighted by Gasteiger charge is -2.07. The lowest BCUT2D eigenvalue weighted by Crippen LogP contribution is -1.92. The summed E-state index contributed by atoms with van der Waals surface area (Å²) >= 11 is 0. The van der Waals surface area contributed by atoms with Crippen LogP contribution in [0.15, 0.2) is 38.9 Å². The van der Waals surface area contributed by atoms with Crippen LogP contribution in [0.4, 0.5) is 0 Å². The van der Waals surface area contributed by atoms with Crippen molar-refractivity contribution in [2.24, 2.45) is 10.9 Å². The molecule has 0 aromatic carbocycles. The molecule has 0 aromatic heterocycles. The zero-order valence-electron chi connectivity index (χ0n) is 16.3. The van der Waals surface area contributed by atoms with Gasteiger partial charge in [-0.1, -0.05) is 76.5 Å². The van der Waals surface area contributed by atoms with Crippen LogP contribution in [0.5, 0.6) is 0 Å². The molecule has 130 valence electrons. The second kappa shape index (κ2) is 10.6. The minimum atomic E-state index is 0.860. The molecule has 0 spiro atoms. The minimum Gasteiger partial charge on any atom is -0.288 e. The molecule has 0 bridgehead atoms. The normalized spacial score (nSPS) is 18.3. The molecule has 0 N–H and O–H groups in total. The van der Waals surface area contributed by atoms with Crippen LogP contribution >= 0.6 is 0 Å². The van der Waals surface area contributed by atoms with E-state index in [-0.39, 0.29) is 0 Å². The maximum absolute atomic E-state index is 4.23. The molecule has 0 amide bonds. The van der Waals surface area contributed by atoms with E-state index >= 15 is 0 Å². The Bertz CT molecular complexity index is 488. The van der Waals surface area contributed by atoms with Gasteiger partial charge in [0.1, 0.15) is 0 Å². The number of nitrogens with zero attached hydrogens (tertiary/aromatic N) is 1. The van der Waals surface area contributed by atoms with E-state index in [2.05, 4.69) is 52.6 Å². The lowest BCUT2D eigenvalue weighted by atomic mass is 9.99. The van der Waals surface area contributed by atoms with Gasteiger partial charge >= 0.3 is 0 Å². The lowest BCUT2D eigenvalue weighted by molar-refractivity contribution is 0.459. The van der Waals surface area contributed by atoms with Gasteiger partial charge in [0, 0.05) is 6.21 Å². The van der Waals surface area contributed by atoms with Crippen LogP contribution in [-0.4, -0.2) is 12.8 Å². The third-order valence-electron chi connectivity index (χ3n) is 4.99. The van der Waals surface area contributed by atoms with Gasteiger partial charge in [0.05, 0.1) is 6.54 Å². The molecule has 2 rings (SSSR count). The average molecular weight is 316 g/mol. The van der Waals surface area contributed by atoms with Crippen molar-refractivity contribution in [3.63, 3.8) is 0 Å². The summed E-state index contributed by atoms with van der Waals surface area (Å²) in [5.41, 5.74) is 7.23. The number of unbranched alkanes of at least 4 members (excludes halogenated alkanes) is 2. The van der Waals surface area contributed by atoms with E-state index in [0.717, 1.165) is 18.9 Å². The maximum Gasteiger partial charge on any atom is 0.0580 e. The van der Waals surface area contributed by atoms with Crippen LogP contribution in [0.3, 0.4) is 0 Å². The van der Waals surface area contributed by atoms with E-state index < -0.39 is 0 Å². The molecule has 0 fully saturated rings. The predicted octanol–water partition coefficient (Wildman–Crippen LogP) is 7.06. The molecule has 1 unspecified atom stereocenters. The topological polar surface area (TPSA) is 12.4 Å². The summed E-state index contributed by atoms with van der Waals surface area (Å²) < 4.78 is 0. The van der Waals surface area contributed by atoms with E-state index in [1.165, 1.54) is 66.4 Å². The first-order valence-electron chi connectivity index (χ1n) is 9.58. The second-order valence-corrected chi connectivity index (χ2v) is 7.28. The van der Waals surface area contributed by atoms with Crippen LogP contribution in [0, 0.1) is 5.92 Å². The fraction of sp³-hybridized carbons (Fsp3) is 0.682. The van der Waals surface area contributed by atoms with Crippen LogP contribution in [-0.2, 0) is 0 Å². The first kappa shape index (κ1) is 19.9. The Morgan fingerprint density at radius 1 is 1.00 bits per heavy atom. The fourth-order valence-corrected chi connectivity index (χ4v) is 3.52. The highest BCUT2D eigenvalue weighted by molar-refractivity contribution is 5.89. The van der Waals surface area contributed by atoms with Crippen molar-refractivity contribution in [3.8, 4) is 0 Å². The molecule has 1 aliphatic heterocycles. The van der Waals surface area contributed by atoms with Crippen molar-refractivity contribution in [2.45, 2.75) is 86.5 Å². The second-order valence-electron chi connectivity index (χ2n) is 7.28. The summed E-state index contributed by atoms with van der Waals surface area (Å²) in [7, 11) is 0. The van der Waals surface area contributed by atoms with E-state index in [0.29, 0.717) is 0 Å². The first-order chi connectivity index (χ1) is 11.0. The molecule has 1 atom stereocenters. The molecule has 23 heavy (non-hydrogen) atoms. The first-order valence-corrected chi connectivity index (χ1v) is 9.58. The molecule has 1 heterocycles. The largest absolute Gasteiger partial charge is 0.288 e. The van der Waals surface area contributed by atoms with Crippen LogP contribution in [0.1, 0.15) is 86.5 Å². The Hall–Kier alpha value is -1.11. The third kappa shape index (κ3) is 6.49. The Morgan fingerprint density at radius 3 is 2.22 bits per heavy atom. The summed E-state index contributed by atoms with van der Waals surface area (Å²) in [5.74, 6) is 0.969. The van der Waals surface area contributed by atoms with Gasteiger partial charge < -0.3 is 0 Å². The molecule has 1 heteroatoms. The summed E-state index contributed by atoms with van der Waals surface area (Å²) in [4.78, 5) is 4.23. The molecule has 1 nitrogen and oxygen atoms in total. The number of rotatable bonds is 7. The van der Waals surface area contributed by atoms with Crippen molar-refractivity contribution in [3.05, 3.63) is 33.9 Å². The third-order valence-corrected chi connectivity index (χ3v) is 4.99. The average Bonchev–Trinajstić information content (AvgIpc) is 3.10. The number of hydrogen-bond acceptors (Lipinski definition) is 1. The number of allylic oxidation sites excluding steroid dienone is 5. The highest BCUT2D eigenvalue weighted by Gasteiger charge is 2.19. The van der Waals surface area contributed by atoms with Gasteiger partial charge in [-0.2, -0.15) is 0 Å². The zero-order valence-corrected chi connectivity index (χ0v) is 16.3. The Kier molecular flexibility index (Phi) is 9.21. The smallest absolute Gasteiger partial charge is 0.0580 e. The van der Waals surface area contributed by atoms with Gasteiger partial charge in [-0.25, -0.2) is 0 Å². The van der Waals surface area contributed by atoms with E-state index in [9.17, 15) is 0 Å². The monoisotopic (exact) mass is 315 g/mol. The van der Waals surface area contributed by atoms with Crippen molar-refractivity contribution in [1.82, 2.24) is 0 Å². The highest BCUT2D eigenvalue weighted by atomic mass is 14.7. The number of hydrogen-bond donors (Lipinski definition) is 0. The summed E-state index contributed by atoms with van der Waals surface area (Å²) in [6.07, 6.45) is 13.8. The molecule has 0 radical (unpaired) electrons. The summed E-state index contributed by atoms with van der Waals surface area (Å²) in [6, 6.07) is 0. The predicted molar refractivity (Wildman–Crippen MR) is 105 cm³/mol. The van der Waals surface area contributed by atoms with Crippen molar-refractivity contribution < 1.29 is 0 Å². The summed E-state index contributed by atoms with van der Waals surface area (Å²) in [5, 5.41) is 0. The van der Waals surface area contributed by atoms with Crippen LogP contribution in [0.25, 0.3) is 0 Å².